The van der Waals surface area contributed by atoms with Crippen LogP contribution >= 0.6 is 35.1 Å². The van der Waals surface area contributed by atoms with Crippen molar-refractivity contribution in [3.8, 4) is 0 Å². The topological polar surface area (TPSA) is 215 Å². The monoisotopic (exact) mass is 541 g/mol. The number of amides is 2. The fourth-order valence-electron chi connectivity index (χ4n) is 3.11. The highest BCUT2D eigenvalue weighted by Crippen LogP contribution is 2.41. The summed E-state index contributed by atoms with van der Waals surface area (Å²) in [6.07, 6.45) is 0. The fraction of sp³-hybridized carbons (Fsp3) is 0.375. The minimum atomic E-state index is -1.31. The first kappa shape index (κ1) is 24.5. The number of aryl methyl sites for hydroxylation is 1. The third-order valence-electron chi connectivity index (χ3n) is 4.63. The first-order valence-corrected chi connectivity index (χ1v) is 12.4. The van der Waals surface area contributed by atoms with Crippen LogP contribution in [0.4, 0.5) is 0 Å². The number of carboxylic acids is 2. The molecule has 0 radical (unpaired) electrons. The van der Waals surface area contributed by atoms with Crippen molar-refractivity contribution >= 4 is 64.5 Å². The van der Waals surface area contributed by atoms with Gasteiger partial charge in [-0.1, -0.05) is 16.9 Å². The molecule has 35 heavy (non-hydrogen) atoms. The van der Waals surface area contributed by atoms with Crippen molar-refractivity contribution in [2.75, 3.05) is 18.1 Å². The van der Waals surface area contributed by atoms with Crippen LogP contribution in [-0.4, -0.2) is 104 Å². The minimum absolute atomic E-state index is 0.110. The van der Waals surface area contributed by atoms with Gasteiger partial charge in [0.2, 0.25) is 23.3 Å². The molecule has 16 nitrogen and oxygen atoms in total. The Morgan fingerprint density at radius 1 is 1.37 bits per heavy atom. The average molecular weight is 542 g/mol. The van der Waals surface area contributed by atoms with Gasteiger partial charge in [-0.2, -0.15) is 4.37 Å². The molecule has 2 aliphatic heterocycles. The van der Waals surface area contributed by atoms with E-state index in [2.05, 4.69) is 40.2 Å². The van der Waals surface area contributed by atoms with Gasteiger partial charge in [-0.3, -0.25) is 14.5 Å². The molecule has 184 valence electrons. The number of carboxylic acid groups (broad SMARTS) is 2. The SMILES string of the molecule is Cn1nnnc1SCC1=C(C(=O)O)N2C(=O)C(NC(=O)C(=NOCC(=O)O)c3ncsn3)[C@H]2SC1. The van der Waals surface area contributed by atoms with E-state index < -0.39 is 47.5 Å². The summed E-state index contributed by atoms with van der Waals surface area (Å²) < 4.78 is 5.33. The van der Waals surface area contributed by atoms with Crippen LogP contribution in [0.1, 0.15) is 5.82 Å². The standard InChI is InChI=1S/C16H15N9O7S3/c1-24-16(19-22-23-24)34-4-6-3-33-14-9(13(29)25(14)10(6)15(30)31)18-12(28)8(11-17-5-35-21-11)20-32-2-7(26)27/h5,9,14H,2-4H2,1H3,(H,18,28)(H,26,27)(H,30,31)/t9?,14-/m1/s1. The number of hydrogen-bond donors (Lipinski definition) is 3. The van der Waals surface area contributed by atoms with Crippen LogP contribution in [-0.2, 0) is 31.1 Å². The molecule has 4 heterocycles. The maximum atomic E-state index is 12.9. The van der Waals surface area contributed by atoms with Gasteiger partial charge in [-0.25, -0.2) is 19.3 Å². The molecular weight excluding hydrogens is 526 g/mol. The van der Waals surface area contributed by atoms with Gasteiger partial charge in [0.1, 0.15) is 22.6 Å². The van der Waals surface area contributed by atoms with E-state index in [9.17, 15) is 24.3 Å². The lowest BCUT2D eigenvalue weighted by Gasteiger charge is -2.49. The van der Waals surface area contributed by atoms with Crippen molar-refractivity contribution in [2.45, 2.75) is 16.6 Å². The van der Waals surface area contributed by atoms with E-state index in [0.29, 0.717) is 16.5 Å². The average Bonchev–Trinajstić information content (AvgIpc) is 3.49. The molecule has 2 aromatic heterocycles. The molecule has 0 saturated carbocycles. The number of oxime groups is 1. The van der Waals surface area contributed by atoms with Crippen LogP contribution in [0.3, 0.4) is 0 Å². The summed E-state index contributed by atoms with van der Waals surface area (Å²) in [5.74, 6) is -3.61. The van der Waals surface area contributed by atoms with E-state index in [1.807, 2.05) is 0 Å². The van der Waals surface area contributed by atoms with Crippen LogP contribution in [0.25, 0.3) is 0 Å². The largest absolute Gasteiger partial charge is 0.479 e. The number of nitrogens with one attached hydrogen (secondary N) is 1. The fourth-order valence-corrected chi connectivity index (χ4v) is 5.87. The second-order valence-electron chi connectivity index (χ2n) is 6.85. The van der Waals surface area contributed by atoms with E-state index >= 15 is 0 Å². The smallest absolute Gasteiger partial charge is 0.352 e. The Kier molecular flexibility index (Phi) is 7.26. The number of nitrogens with zero attached hydrogens (tertiary/aromatic N) is 8. The summed E-state index contributed by atoms with van der Waals surface area (Å²) in [6, 6.07) is -1.04. The van der Waals surface area contributed by atoms with Crippen molar-refractivity contribution in [1.82, 2.24) is 39.8 Å². The molecule has 0 bridgehead atoms. The molecule has 2 aliphatic rings. The second kappa shape index (κ2) is 10.4. The van der Waals surface area contributed by atoms with E-state index in [1.54, 1.807) is 7.05 Å². The lowest BCUT2D eigenvalue weighted by atomic mass is 10.0. The van der Waals surface area contributed by atoms with Gasteiger partial charge >= 0.3 is 11.9 Å². The molecule has 0 aromatic carbocycles. The molecule has 1 fully saturated rings. The number of tetrazole rings is 1. The van der Waals surface area contributed by atoms with Gasteiger partial charge in [0, 0.05) is 18.6 Å². The van der Waals surface area contributed by atoms with Gasteiger partial charge < -0.3 is 20.4 Å². The molecule has 0 aliphatic carbocycles. The first-order chi connectivity index (χ1) is 16.8. The van der Waals surface area contributed by atoms with Gasteiger partial charge in [0.15, 0.2) is 0 Å². The number of aliphatic carboxylic acids is 2. The quantitative estimate of drug-likeness (QED) is 0.134. The third-order valence-corrected chi connectivity index (χ3v) is 7.54. The number of β-lactam (4-membered cyclic amide) rings is 1. The van der Waals surface area contributed by atoms with E-state index in [1.165, 1.54) is 33.7 Å². The van der Waals surface area contributed by atoms with Crippen molar-refractivity contribution < 1.29 is 34.2 Å². The van der Waals surface area contributed by atoms with Gasteiger partial charge in [-0.15, -0.1) is 16.9 Å². The van der Waals surface area contributed by atoms with Gasteiger partial charge in [0.05, 0.1) is 0 Å². The molecule has 19 heteroatoms. The first-order valence-electron chi connectivity index (χ1n) is 9.52. The number of carbonyl (C=O) groups is 4. The number of aromatic nitrogens is 6. The lowest BCUT2D eigenvalue weighted by Crippen LogP contribution is -2.71. The third kappa shape index (κ3) is 5.10. The van der Waals surface area contributed by atoms with Crippen molar-refractivity contribution in [1.29, 1.82) is 0 Å². The van der Waals surface area contributed by atoms with E-state index in [4.69, 9.17) is 5.11 Å². The molecule has 4 rings (SSSR count). The predicted octanol–water partition coefficient (Wildman–Crippen LogP) is -1.60. The molecule has 1 saturated heterocycles. The van der Waals surface area contributed by atoms with Crippen LogP contribution in [0.15, 0.2) is 27.1 Å². The zero-order valence-corrected chi connectivity index (χ0v) is 20.0. The maximum absolute atomic E-state index is 12.9. The molecule has 3 N–H and O–H groups in total. The molecule has 2 aromatic rings. The van der Waals surface area contributed by atoms with Crippen LogP contribution < -0.4 is 5.32 Å². The Morgan fingerprint density at radius 3 is 2.80 bits per heavy atom. The summed E-state index contributed by atoms with van der Waals surface area (Å²) in [5, 5.41) is 35.4. The zero-order valence-electron chi connectivity index (χ0n) is 17.6. The van der Waals surface area contributed by atoms with Crippen LogP contribution in [0.5, 0.6) is 0 Å². The second-order valence-corrected chi connectivity index (χ2v) is 9.51. The summed E-state index contributed by atoms with van der Waals surface area (Å²) in [7, 11) is 1.65. The van der Waals surface area contributed by atoms with E-state index in [-0.39, 0.29) is 17.3 Å². The van der Waals surface area contributed by atoms with Gasteiger partial charge in [0.25, 0.3) is 11.8 Å². The Bertz CT molecular complexity index is 1230. The summed E-state index contributed by atoms with van der Waals surface area (Å²) in [4.78, 5) is 58.0. The Morgan fingerprint density at radius 2 is 2.17 bits per heavy atom. The number of carbonyl (C=O) groups excluding carboxylic acids is 2. The highest BCUT2D eigenvalue weighted by Gasteiger charge is 2.54. The summed E-state index contributed by atoms with van der Waals surface area (Å²) in [5.41, 5.74) is 1.29. The number of fused-ring (bicyclic) bond motifs is 1. The van der Waals surface area contributed by atoms with Crippen molar-refractivity contribution in [3.63, 3.8) is 0 Å². The molecular formula is C16H15N9O7S3. The molecule has 2 atom stereocenters. The van der Waals surface area contributed by atoms with Crippen molar-refractivity contribution in [3.05, 3.63) is 22.6 Å². The number of thioether (sulfide) groups is 2. The van der Waals surface area contributed by atoms with Crippen LogP contribution in [0.2, 0.25) is 0 Å². The lowest BCUT2D eigenvalue weighted by molar-refractivity contribution is -0.150. The van der Waals surface area contributed by atoms with Crippen LogP contribution in [0, 0.1) is 0 Å². The summed E-state index contributed by atoms with van der Waals surface area (Å²) in [6.45, 7) is -0.798. The molecule has 0 spiro atoms. The van der Waals surface area contributed by atoms with E-state index in [0.717, 1.165) is 16.4 Å². The Hall–Kier alpha value is -3.58. The number of rotatable bonds is 10. The highest BCUT2D eigenvalue weighted by atomic mass is 32.2. The molecule has 1 unspecified atom stereocenters. The maximum Gasteiger partial charge on any atom is 0.352 e. The Labute approximate surface area is 207 Å². The Balaban J connectivity index is 1.48. The zero-order chi connectivity index (χ0) is 25.1. The van der Waals surface area contributed by atoms with Gasteiger partial charge in [-0.05, 0) is 27.5 Å². The normalized spacial score (nSPS) is 19.7. The predicted molar refractivity (Wildman–Crippen MR) is 119 cm³/mol. The minimum Gasteiger partial charge on any atom is -0.479 e. The summed E-state index contributed by atoms with van der Waals surface area (Å²) >= 11 is 3.45. The highest BCUT2D eigenvalue weighted by molar-refractivity contribution is 8.01. The van der Waals surface area contributed by atoms with Crippen molar-refractivity contribution in [2.24, 2.45) is 12.2 Å². The number of hydrogen-bond acceptors (Lipinski definition) is 14. The molecule has 2 amide bonds.